The largest absolute Gasteiger partial charge is 0.462 e. The van der Waals surface area contributed by atoms with E-state index in [0.29, 0.717) is 13.1 Å². The molecule has 0 saturated carbocycles. The van der Waals surface area contributed by atoms with Crippen LogP contribution in [0, 0.1) is 0 Å². The summed E-state index contributed by atoms with van der Waals surface area (Å²) in [5.74, 6) is 0. The Balaban J connectivity index is 2.04. The van der Waals surface area contributed by atoms with Gasteiger partial charge in [0, 0.05) is 13.2 Å². The van der Waals surface area contributed by atoms with Crippen molar-refractivity contribution in [3.8, 4) is 0 Å². The molecule has 1 fully saturated rings. The molecule has 0 aromatic carbocycles. The van der Waals surface area contributed by atoms with Gasteiger partial charge in [-0.3, -0.25) is 4.79 Å². The van der Waals surface area contributed by atoms with Crippen LogP contribution in [0.15, 0.2) is 0 Å². The van der Waals surface area contributed by atoms with Crippen LogP contribution in [-0.4, -0.2) is 31.6 Å². The number of carbonyl (C=O) groups is 1. The van der Waals surface area contributed by atoms with Crippen molar-refractivity contribution in [1.82, 2.24) is 0 Å². The molecule has 0 spiro atoms. The highest BCUT2D eigenvalue weighted by molar-refractivity contribution is 5.38. The summed E-state index contributed by atoms with van der Waals surface area (Å²) in [5.41, 5.74) is -0.390. The molecule has 0 bridgehead atoms. The molecule has 1 heterocycles. The smallest absolute Gasteiger partial charge is 0.293 e. The van der Waals surface area contributed by atoms with Crippen LogP contribution in [0.2, 0.25) is 0 Å². The van der Waals surface area contributed by atoms with Crippen LogP contribution in [-0.2, 0) is 19.0 Å². The monoisotopic (exact) mass is 230 g/mol. The fourth-order valence-electron chi connectivity index (χ4n) is 1.74. The summed E-state index contributed by atoms with van der Waals surface area (Å²) >= 11 is 0. The van der Waals surface area contributed by atoms with E-state index in [0.717, 1.165) is 32.3 Å². The van der Waals surface area contributed by atoms with Crippen molar-refractivity contribution in [3.05, 3.63) is 0 Å². The SMILES string of the molecule is CC(C)(CCCOC1CCCCO1)OC=O. The van der Waals surface area contributed by atoms with E-state index in [-0.39, 0.29) is 6.29 Å². The third-order valence-corrected chi connectivity index (χ3v) is 2.73. The van der Waals surface area contributed by atoms with Gasteiger partial charge in [-0.1, -0.05) is 0 Å². The van der Waals surface area contributed by atoms with Gasteiger partial charge in [0.2, 0.25) is 0 Å². The lowest BCUT2D eigenvalue weighted by Crippen LogP contribution is -2.26. The Kier molecular flexibility index (Phi) is 5.77. The van der Waals surface area contributed by atoms with Gasteiger partial charge in [-0.25, -0.2) is 0 Å². The van der Waals surface area contributed by atoms with Gasteiger partial charge in [-0.15, -0.1) is 0 Å². The molecule has 0 aliphatic carbocycles. The van der Waals surface area contributed by atoms with Crippen LogP contribution in [0.5, 0.6) is 0 Å². The summed E-state index contributed by atoms with van der Waals surface area (Å²) in [5, 5.41) is 0. The molecule has 1 aliphatic heterocycles. The lowest BCUT2D eigenvalue weighted by atomic mass is 10.0. The average molecular weight is 230 g/mol. The van der Waals surface area contributed by atoms with E-state index in [1.54, 1.807) is 0 Å². The normalized spacial score (nSPS) is 21.8. The van der Waals surface area contributed by atoms with E-state index in [2.05, 4.69) is 0 Å². The first kappa shape index (κ1) is 13.5. The van der Waals surface area contributed by atoms with Gasteiger partial charge in [0.15, 0.2) is 6.29 Å². The van der Waals surface area contributed by atoms with Crippen LogP contribution in [0.4, 0.5) is 0 Å². The zero-order chi connectivity index (χ0) is 11.9. The quantitative estimate of drug-likeness (QED) is 0.497. The van der Waals surface area contributed by atoms with Crippen molar-refractivity contribution in [2.24, 2.45) is 0 Å². The Morgan fingerprint density at radius 1 is 1.44 bits per heavy atom. The Labute approximate surface area is 97.2 Å². The van der Waals surface area contributed by atoms with Crippen molar-refractivity contribution in [2.75, 3.05) is 13.2 Å². The number of carbonyl (C=O) groups excluding carboxylic acids is 1. The van der Waals surface area contributed by atoms with Gasteiger partial charge in [-0.05, 0) is 46.0 Å². The van der Waals surface area contributed by atoms with Gasteiger partial charge >= 0.3 is 0 Å². The predicted molar refractivity (Wildman–Crippen MR) is 60.0 cm³/mol. The minimum absolute atomic E-state index is 0.0242. The highest BCUT2D eigenvalue weighted by Gasteiger charge is 2.19. The zero-order valence-electron chi connectivity index (χ0n) is 10.2. The minimum atomic E-state index is -0.390. The molecule has 1 aliphatic rings. The molecule has 4 nitrogen and oxygen atoms in total. The van der Waals surface area contributed by atoms with Crippen molar-refractivity contribution in [2.45, 2.75) is 57.8 Å². The molecule has 1 saturated heterocycles. The fraction of sp³-hybridized carbons (Fsp3) is 0.917. The molecule has 1 unspecified atom stereocenters. The minimum Gasteiger partial charge on any atom is -0.462 e. The molecule has 0 aromatic heterocycles. The van der Waals surface area contributed by atoms with E-state index in [9.17, 15) is 4.79 Å². The second-order valence-electron chi connectivity index (χ2n) is 4.74. The highest BCUT2D eigenvalue weighted by atomic mass is 16.7. The van der Waals surface area contributed by atoms with Crippen molar-refractivity contribution < 1.29 is 19.0 Å². The number of ether oxygens (including phenoxy) is 3. The van der Waals surface area contributed by atoms with Crippen LogP contribution in [0.25, 0.3) is 0 Å². The summed E-state index contributed by atoms with van der Waals surface area (Å²) < 4.78 is 16.0. The molecule has 0 amide bonds. The number of hydrogen-bond donors (Lipinski definition) is 0. The Morgan fingerprint density at radius 3 is 2.88 bits per heavy atom. The molecule has 0 radical (unpaired) electrons. The van der Waals surface area contributed by atoms with E-state index in [1.165, 1.54) is 6.42 Å². The van der Waals surface area contributed by atoms with E-state index >= 15 is 0 Å². The Hall–Kier alpha value is -0.610. The lowest BCUT2D eigenvalue weighted by molar-refractivity contribution is -0.165. The van der Waals surface area contributed by atoms with Gasteiger partial charge in [0.05, 0.1) is 0 Å². The average Bonchev–Trinajstić information content (AvgIpc) is 2.26. The van der Waals surface area contributed by atoms with E-state index in [4.69, 9.17) is 14.2 Å². The summed E-state index contributed by atoms with van der Waals surface area (Å²) in [7, 11) is 0. The summed E-state index contributed by atoms with van der Waals surface area (Å²) in [6, 6.07) is 0. The van der Waals surface area contributed by atoms with Gasteiger partial charge in [0.1, 0.15) is 5.60 Å². The highest BCUT2D eigenvalue weighted by Crippen LogP contribution is 2.17. The third-order valence-electron chi connectivity index (χ3n) is 2.73. The summed E-state index contributed by atoms with van der Waals surface area (Å²) in [4.78, 5) is 10.2. The summed E-state index contributed by atoms with van der Waals surface area (Å²) in [6.45, 7) is 5.78. The molecule has 1 atom stereocenters. The zero-order valence-corrected chi connectivity index (χ0v) is 10.2. The summed E-state index contributed by atoms with van der Waals surface area (Å²) in [6.07, 6.45) is 4.97. The standard InChI is InChI=1S/C12H22O4/c1-12(2,16-10-13)7-5-9-15-11-6-3-4-8-14-11/h10-11H,3-9H2,1-2H3. The van der Waals surface area contributed by atoms with E-state index in [1.807, 2.05) is 13.8 Å². The van der Waals surface area contributed by atoms with Crippen LogP contribution >= 0.6 is 0 Å². The second kappa shape index (κ2) is 6.86. The van der Waals surface area contributed by atoms with Gasteiger partial charge in [-0.2, -0.15) is 0 Å². The first-order valence-electron chi connectivity index (χ1n) is 5.99. The molecule has 4 heteroatoms. The molecule has 1 rings (SSSR count). The first-order chi connectivity index (χ1) is 7.64. The Morgan fingerprint density at radius 2 is 2.25 bits per heavy atom. The molecule has 94 valence electrons. The van der Waals surface area contributed by atoms with Crippen molar-refractivity contribution in [3.63, 3.8) is 0 Å². The lowest BCUT2D eigenvalue weighted by Gasteiger charge is -2.25. The maximum atomic E-state index is 10.2. The first-order valence-corrected chi connectivity index (χ1v) is 5.99. The molecule has 0 N–H and O–H groups in total. The van der Waals surface area contributed by atoms with Crippen LogP contribution in [0.1, 0.15) is 46.0 Å². The maximum Gasteiger partial charge on any atom is 0.293 e. The molecule has 0 aromatic rings. The maximum absolute atomic E-state index is 10.2. The number of hydrogen-bond acceptors (Lipinski definition) is 4. The van der Waals surface area contributed by atoms with Crippen LogP contribution < -0.4 is 0 Å². The molecule has 16 heavy (non-hydrogen) atoms. The Bertz CT molecular complexity index is 197. The van der Waals surface area contributed by atoms with E-state index < -0.39 is 5.60 Å². The third kappa shape index (κ3) is 5.47. The topological polar surface area (TPSA) is 44.8 Å². The molecular weight excluding hydrogens is 208 g/mol. The van der Waals surface area contributed by atoms with Gasteiger partial charge in [0.25, 0.3) is 6.47 Å². The van der Waals surface area contributed by atoms with Crippen molar-refractivity contribution in [1.29, 1.82) is 0 Å². The van der Waals surface area contributed by atoms with Crippen molar-refractivity contribution >= 4 is 6.47 Å². The fourth-order valence-corrected chi connectivity index (χ4v) is 1.74. The number of rotatable bonds is 7. The predicted octanol–water partition coefficient (Wildman–Crippen LogP) is 2.26. The molecular formula is C12H22O4. The van der Waals surface area contributed by atoms with Crippen LogP contribution in [0.3, 0.4) is 0 Å². The second-order valence-corrected chi connectivity index (χ2v) is 4.74. The van der Waals surface area contributed by atoms with Gasteiger partial charge < -0.3 is 14.2 Å².